The van der Waals surface area contributed by atoms with E-state index in [1.165, 1.54) is 6.07 Å². The minimum atomic E-state index is -1.14. The van der Waals surface area contributed by atoms with Crippen LogP contribution in [0.2, 0.25) is 0 Å². The maximum absolute atomic E-state index is 13.8. The molecule has 0 saturated heterocycles. The molecule has 3 N–H and O–H groups in total. The Kier molecular flexibility index (Phi) is 5.68. The Morgan fingerprint density at radius 3 is 2.62 bits per heavy atom. The van der Waals surface area contributed by atoms with Crippen LogP contribution in [0.3, 0.4) is 0 Å². The van der Waals surface area contributed by atoms with E-state index in [9.17, 15) is 9.18 Å². The molecule has 1 amide bonds. The lowest BCUT2D eigenvalue weighted by Crippen LogP contribution is -2.49. The van der Waals surface area contributed by atoms with Crippen LogP contribution in [0.4, 0.5) is 4.39 Å². The van der Waals surface area contributed by atoms with Gasteiger partial charge in [-0.15, -0.1) is 12.4 Å². The van der Waals surface area contributed by atoms with Crippen LogP contribution in [0.25, 0.3) is 0 Å². The highest BCUT2D eigenvalue weighted by Gasteiger charge is 2.34. The maximum atomic E-state index is 13.8. The second-order valence-corrected chi connectivity index (χ2v) is 7.00. The van der Waals surface area contributed by atoms with Gasteiger partial charge in [-0.25, -0.2) is 4.39 Å². The van der Waals surface area contributed by atoms with Crippen LogP contribution in [-0.2, 0) is 16.8 Å². The molecule has 128 valence electrons. The first-order valence-electron chi connectivity index (χ1n) is 7.53. The minimum absolute atomic E-state index is 0. The number of halogens is 3. The summed E-state index contributed by atoms with van der Waals surface area (Å²) in [6.45, 7) is 1.69. The van der Waals surface area contributed by atoms with Crippen molar-refractivity contribution in [2.75, 3.05) is 0 Å². The average molecular weight is 414 g/mol. The average Bonchev–Trinajstić information content (AvgIpc) is 2.92. The SMILES string of the molecule is CC(N)(C(=O)NC1CCc2c(F)cccc21)c1ccc(Br)cc1.Cl. The Morgan fingerprint density at radius 1 is 1.29 bits per heavy atom. The third-order valence-corrected chi connectivity index (χ3v) is 4.96. The molecule has 1 aliphatic rings. The van der Waals surface area contributed by atoms with Gasteiger partial charge in [0.15, 0.2) is 0 Å². The van der Waals surface area contributed by atoms with E-state index in [2.05, 4.69) is 21.2 Å². The summed E-state index contributed by atoms with van der Waals surface area (Å²) in [5.74, 6) is -0.468. The molecule has 0 aliphatic heterocycles. The van der Waals surface area contributed by atoms with E-state index in [-0.39, 0.29) is 30.2 Å². The number of hydrogen-bond acceptors (Lipinski definition) is 2. The van der Waals surface area contributed by atoms with E-state index in [0.29, 0.717) is 18.4 Å². The third kappa shape index (κ3) is 3.48. The number of carbonyl (C=O) groups excluding carboxylic acids is 1. The van der Waals surface area contributed by atoms with Crippen molar-refractivity contribution in [3.05, 3.63) is 69.4 Å². The van der Waals surface area contributed by atoms with Gasteiger partial charge in [0, 0.05) is 4.47 Å². The lowest BCUT2D eigenvalue weighted by atomic mass is 9.91. The standard InChI is InChI=1S/C18H18BrFN2O.ClH/c1-18(21,11-5-7-12(19)8-6-11)17(23)22-16-10-9-13-14(16)3-2-4-15(13)20;/h2-8,16H,9-10,21H2,1H3,(H,22,23);1H. The summed E-state index contributed by atoms with van der Waals surface area (Å²) < 4.78 is 14.7. The Morgan fingerprint density at radius 2 is 1.96 bits per heavy atom. The van der Waals surface area contributed by atoms with Gasteiger partial charge < -0.3 is 11.1 Å². The zero-order valence-electron chi connectivity index (χ0n) is 13.2. The molecule has 0 spiro atoms. The number of rotatable bonds is 3. The lowest BCUT2D eigenvalue weighted by molar-refractivity contribution is -0.126. The molecule has 2 atom stereocenters. The molecule has 2 unspecified atom stereocenters. The largest absolute Gasteiger partial charge is 0.347 e. The molecule has 0 aromatic heterocycles. The van der Waals surface area contributed by atoms with Gasteiger partial charge in [-0.1, -0.05) is 40.2 Å². The Bertz CT molecular complexity index is 749. The van der Waals surface area contributed by atoms with Crippen molar-refractivity contribution in [1.29, 1.82) is 0 Å². The molecular formula is C18H19BrClFN2O. The second-order valence-electron chi connectivity index (χ2n) is 6.08. The van der Waals surface area contributed by atoms with Crippen LogP contribution in [0, 0.1) is 5.82 Å². The first-order valence-corrected chi connectivity index (χ1v) is 8.32. The fourth-order valence-corrected chi connectivity index (χ4v) is 3.26. The number of nitrogens with one attached hydrogen (secondary N) is 1. The fourth-order valence-electron chi connectivity index (χ4n) is 3.00. The first kappa shape index (κ1) is 18.9. The summed E-state index contributed by atoms with van der Waals surface area (Å²) in [5.41, 5.74) is 7.39. The highest BCUT2D eigenvalue weighted by Crippen LogP contribution is 2.33. The van der Waals surface area contributed by atoms with E-state index in [1.807, 2.05) is 30.3 Å². The smallest absolute Gasteiger partial charge is 0.244 e. The minimum Gasteiger partial charge on any atom is -0.347 e. The molecule has 2 aromatic carbocycles. The van der Waals surface area contributed by atoms with E-state index in [0.717, 1.165) is 15.6 Å². The van der Waals surface area contributed by atoms with Gasteiger partial charge in [0.1, 0.15) is 11.4 Å². The molecule has 0 saturated carbocycles. The van der Waals surface area contributed by atoms with Crippen molar-refractivity contribution < 1.29 is 9.18 Å². The van der Waals surface area contributed by atoms with Gasteiger partial charge in [0.05, 0.1) is 6.04 Å². The molecule has 0 radical (unpaired) electrons. The molecule has 6 heteroatoms. The molecule has 2 aromatic rings. The molecular weight excluding hydrogens is 395 g/mol. The van der Waals surface area contributed by atoms with Gasteiger partial charge in [0.2, 0.25) is 5.91 Å². The number of carbonyl (C=O) groups is 1. The summed E-state index contributed by atoms with van der Waals surface area (Å²) in [4.78, 5) is 12.7. The predicted octanol–water partition coefficient (Wildman–Crippen LogP) is 3.99. The van der Waals surface area contributed by atoms with Gasteiger partial charge >= 0.3 is 0 Å². The lowest BCUT2D eigenvalue weighted by Gasteiger charge is -2.26. The summed E-state index contributed by atoms with van der Waals surface area (Å²) in [6.07, 6.45) is 1.32. The normalized spacial score (nSPS) is 18.2. The number of fused-ring (bicyclic) bond motifs is 1. The van der Waals surface area contributed by atoms with Crippen molar-refractivity contribution in [2.45, 2.75) is 31.3 Å². The molecule has 24 heavy (non-hydrogen) atoms. The zero-order chi connectivity index (χ0) is 16.6. The quantitative estimate of drug-likeness (QED) is 0.799. The van der Waals surface area contributed by atoms with Crippen molar-refractivity contribution in [1.82, 2.24) is 5.32 Å². The fraction of sp³-hybridized carbons (Fsp3) is 0.278. The molecule has 3 nitrogen and oxygen atoms in total. The summed E-state index contributed by atoms with van der Waals surface area (Å²) >= 11 is 3.37. The van der Waals surface area contributed by atoms with Crippen LogP contribution in [0.5, 0.6) is 0 Å². The van der Waals surface area contributed by atoms with Gasteiger partial charge in [-0.05, 0) is 54.7 Å². The monoisotopic (exact) mass is 412 g/mol. The number of amides is 1. The summed E-state index contributed by atoms with van der Waals surface area (Å²) in [5, 5.41) is 2.97. The number of hydrogen-bond donors (Lipinski definition) is 2. The highest BCUT2D eigenvalue weighted by molar-refractivity contribution is 9.10. The topological polar surface area (TPSA) is 55.1 Å². The van der Waals surface area contributed by atoms with Gasteiger partial charge in [-0.2, -0.15) is 0 Å². The second kappa shape index (κ2) is 7.21. The Balaban J connectivity index is 0.00000208. The zero-order valence-corrected chi connectivity index (χ0v) is 15.6. The van der Waals surface area contributed by atoms with Crippen LogP contribution >= 0.6 is 28.3 Å². The van der Waals surface area contributed by atoms with Gasteiger partial charge in [0.25, 0.3) is 0 Å². The van der Waals surface area contributed by atoms with E-state index < -0.39 is 5.54 Å². The molecule has 1 aliphatic carbocycles. The third-order valence-electron chi connectivity index (χ3n) is 4.43. The summed E-state index contributed by atoms with van der Waals surface area (Å²) in [7, 11) is 0. The van der Waals surface area contributed by atoms with Crippen molar-refractivity contribution in [3.8, 4) is 0 Å². The molecule has 0 heterocycles. The Hall–Kier alpha value is -1.43. The number of nitrogens with two attached hydrogens (primary N) is 1. The van der Waals surface area contributed by atoms with E-state index >= 15 is 0 Å². The van der Waals surface area contributed by atoms with Crippen LogP contribution in [-0.4, -0.2) is 5.91 Å². The van der Waals surface area contributed by atoms with E-state index in [1.54, 1.807) is 13.0 Å². The maximum Gasteiger partial charge on any atom is 0.244 e. The first-order chi connectivity index (χ1) is 10.9. The highest BCUT2D eigenvalue weighted by atomic mass is 79.9. The van der Waals surface area contributed by atoms with Crippen molar-refractivity contribution >= 4 is 34.2 Å². The Labute approximate surface area is 155 Å². The molecule has 0 fully saturated rings. The number of benzene rings is 2. The van der Waals surface area contributed by atoms with E-state index in [4.69, 9.17) is 5.73 Å². The van der Waals surface area contributed by atoms with Crippen LogP contribution in [0.15, 0.2) is 46.9 Å². The van der Waals surface area contributed by atoms with Crippen LogP contribution in [0.1, 0.15) is 36.1 Å². The molecule has 3 rings (SSSR count). The van der Waals surface area contributed by atoms with Crippen molar-refractivity contribution in [2.24, 2.45) is 5.73 Å². The van der Waals surface area contributed by atoms with Crippen molar-refractivity contribution in [3.63, 3.8) is 0 Å². The summed E-state index contributed by atoms with van der Waals surface area (Å²) in [6, 6.07) is 12.2. The van der Waals surface area contributed by atoms with Gasteiger partial charge in [-0.3, -0.25) is 4.79 Å². The molecule has 0 bridgehead atoms. The van der Waals surface area contributed by atoms with Crippen LogP contribution < -0.4 is 11.1 Å². The predicted molar refractivity (Wildman–Crippen MR) is 98.5 cm³/mol.